The summed E-state index contributed by atoms with van der Waals surface area (Å²) in [5.41, 5.74) is 0.883. The van der Waals surface area contributed by atoms with Gasteiger partial charge in [0.05, 0.1) is 6.61 Å². The summed E-state index contributed by atoms with van der Waals surface area (Å²) in [5, 5.41) is 0. The van der Waals surface area contributed by atoms with Gasteiger partial charge in [-0.15, -0.1) is 0 Å². The molecule has 1 aliphatic heterocycles. The van der Waals surface area contributed by atoms with Gasteiger partial charge >= 0.3 is 6.09 Å². The van der Waals surface area contributed by atoms with E-state index in [1.54, 1.807) is 22.8 Å². The van der Waals surface area contributed by atoms with Crippen molar-refractivity contribution in [2.75, 3.05) is 32.8 Å². The smallest absolute Gasteiger partial charge is 0.409 e. The Hall–Kier alpha value is -2.31. The van der Waals surface area contributed by atoms with E-state index >= 15 is 0 Å². The predicted octanol–water partition coefficient (Wildman–Crippen LogP) is 1.13. The van der Waals surface area contributed by atoms with E-state index in [9.17, 15) is 14.4 Å². The minimum absolute atomic E-state index is 0.0857. The number of nitrogens with zero attached hydrogens (tertiary/aromatic N) is 2. The van der Waals surface area contributed by atoms with E-state index in [0.717, 1.165) is 0 Å². The molecule has 2 rings (SSSR count). The molecule has 114 valence electrons. The molecule has 0 radical (unpaired) electrons. The number of amides is 2. The molecular formula is C14H19N3O4. The molecule has 0 atom stereocenters. The Balaban J connectivity index is 1.93. The summed E-state index contributed by atoms with van der Waals surface area (Å²) in [4.78, 5) is 41.2. The second-order valence-corrected chi connectivity index (χ2v) is 4.84. The van der Waals surface area contributed by atoms with Crippen molar-refractivity contribution in [3.05, 3.63) is 23.5 Å². The van der Waals surface area contributed by atoms with Crippen molar-refractivity contribution in [1.29, 1.82) is 0 Å². The maximum atomic E-state index is 12.3. The van der Waals surface area contributed by atoms with Gasteiger partial charge in [-0.25, -0.2) is 4.79 Å². The lowest BCUT2D eigenvalue weighted by Gasteiger charge is -2.33. The van der Waals surface area contributed by atoms with Crippen LogP contribution >= 0.6 is 0 Å². The molecule has 1 saturated heterocycles. The number of Topliss-reactive ketones (excluding diaryl/α,β-unsaturated/α-hetero) is 1. The summed E-state index contributed by atoms with van der Waals surface area (Å²) in [5.74, 6) is -0.247. The Kier molecular flexibility index (Phi) is 4.62. The summed E-state index contributed by atoms with van der Waals surface area (Å²) < 4.78 is 4.93. The van der Waals surface area contributed by atoms with E-state index < -0.39 is 0 Å². The Morgan fingerprint density at radius 2 is 1.81 bits per heavy atom. The minimum Gasteiger partial charge on any atom is -0.450 e. The van der Waals surface area contributed by atoms with Crippen molar-refractivity contribution in [3.8, 4) is 0 Å². The van der Waals surface area contributed by atoms with Crippen LogP contribution in [0.25, 0.3) is 0 Å². The van der Waals surface area contributed by atoms with Gasteiger partial charge in [-0.1, -0.05) is 0 Å². The van der Waals surface area contributed by atoms with Crippen LogP contribution in [-0.4, -0.2) is 65.4 Å². The number of carbonyl (C=O) groups excluding carboxylic acids is 3. The molecule has 7 heteroatoms. The molecule has 1 fully saturated rings. The third-order valence-corrected chi connectivity index (χ3v) is 3.41. The standard InChI is InChI=1S/C14H19N3O4/c1-3-21-14(20)17-6-4-16(5-7-17)13(19)12-8-11(9-15-12)10(2)18/h8-9,15H,3-7H2,1-2H3. The van der Waals surface area contributed by atoms with Gasteiger partial charge in [-0.2, -0.15) is 0 Å². The molecule has 0 aliphatic carbocycles. The second-order valence-electron chi connectivity index (χ2n) is 4.84. The van der Waals surface area contributed by atoms with Crippen LogP contribution in [0.4, 0.5) is 4.79 Å². The first-order valence-electron chi connectivity index (χ1n) is 6.93. The molecule has 21 heavy (non-hydrogen) atoms. The topological polar surface area (TPSA) is 82.7 Å². The molecule has 1 N–H and O–H groups in total. The molecular weight excluding hydrogens is 274 g/mol. The number of nitrogens with one attached hydrogen (secondary N) is 1. The van der Waals surface area contributed by atoms with Gasteiger partial charge < -0.3 is 19.5 Å². The van der Waals surface area contributed by atoms with Gasteiger partial charge in [0.1, 0.15) is 5.69 Å². The summed E-state index contributed by atoms with van der Waals surface area (Å²) >= 11 is 0. The van der Waals surface area contributed by atoms with E-state index in [-0.39, 0.29) is 17.8 Å². The monoisotopic (exact) mass is 293 g/mol. The highest BCUT2D eigenvalue weighted by Gasteiger charge is 2.26. The van der Waals surface area contributed by atoms with Crippen molar-refractivity contribution in [2.45, 2.75) is 13.8 Å². The van der Waals surface area contributed by atoms with Crippen LogP contribution in [0.5, 0.6) is 0 Å². The van der Waals surface area contributed by atoms with Gasteiger partial charge in [0.15, 0.2) is 5.78 Å². The van der Waals surface area contributed by atoms with Crippen LogP contribution in [-0.2, 0) is 4.74 Å². The summed E-state index contributed by atoms with van der Waals surface area (Å²) in [6.07, 6.45) is 1.19. The fraction of sp³-hybridized carbons (Fsp3) is 0.500. The van der Waals surface area contributed by atoms with Gasteiger partial charge in [0.2, 0.25) is 0 Å². The van der Waals surface area contributed by atoms with E-state index in [4.69, 9.17) is 4.74 Å². The summed E-state index contributed by atoms with van der Waals surface area (Å²) in [6, 6.07) is 1.56. The lowest BCUT2D eigenvalue weighted by Crippen LogP contribution is -2.50. The van der Waals surface area contributed by atoms with E-state index in [0.29, 0.717) is 44.0 Å². The Morgan fingerprint density at radius 1 is 1.19 bits per heavy atom. The second kappa shape index (κ2) is 6.43. The van der Waals surface area contributed by atoms with Crippen LogP contribution in [0.15, 0.2) is 12.3 Å². The fourth-order valence-corrected chi connectivity index (χ4v) is 2.20. The zero-order chi connectivity index (χ0) is 15.4. The molecule has 7 nitrogen and oxygen atoms in total. The minimum atomic E-state index is -0.344. The first kappa shape index (κ1) is 15.1. The van der Waals surface area contributed by atoms with Crippen LogP contribution in [0.2, 0.25) is 0 Å². The number of piperazine rings is 1. The maximum Gasteiger partial charge on any atom is 0.409 e. The molecule has 2 amide bonds. The number of aromatic amines is 1. The van der Waals surface area contributed by atoms with Crippen LogP contribution in [0, 0.1) is 0 Å². The third kappa shape index (κ3) is 3.42. The number of ether oxygens (including phenoxy) is 1. The number of H-pyrrole nitrogens is 1. The molecule has 0 unspecified atom stereocenters. The number of carbonyl (C=O) groups is 3. The quantitative estimate of drug-likeness (QED) is 0.847. The SMILES string of the molecule is CCOC(=O)N1CCN(C(=O)c2cc(C(C)=O)c[nH]2)CC1. The van der Waals surface area contributed by atoms with E-state index in [1.807, 2.05) is 0 Å². The molecule has 1 aromatic rings. The number of rotatable bonds is 3. The molecule has 1 aromatic heterocycles. The van der Waals surface area contributed by atoms with Crippen LogP contribution < -0.4 is 0 Å². The molecule has 2 heterocycles. The zero-order valence-electron chi connectivity index (χ0n) is 12.2. The van der Waals surface area contributed by atoms with Crippen molar-refractivity contribution in [1.82, 2.24) is 14.8 Å². The average molecular weight is 293 g/mol. The van der Waals surface area contributed by atoms with Crippen molar-refractivity contribution in [2.24, 2.45) is 0 Å². The zero-order valence-corrected chi connectivity index (χ0v) is 12.2. The number of aromatic nitrogens is 1. The van der Waals surface area contributed by atoms with Gasteiger partial charge in [0, 0.05) is 37.9 Å². The largest absolute Gasteiger partial charge is 0.450 e. The number of hydrogen-bond acceptors (Lipinski definition) is 4. The van der Waals surface area contributed by atoms with Crippen molar-refractivity contribution >= 4 is 17.8 Å². The van der Waals surface area contributed by atoms with Crippen LogP contribution in [0.1, 0.15) is 34.7 Å². The fourth-order valence-electron chi connectivity index (χ4n) is 2.20. The van der Waals surface area contributed by atoms with E-state index in [2.05, 4.69) is 4.98 Å². The Labute approximate surface area is 122 Å². The normalized spacial score (nSPS) is 15.0. The van der Waals surface area contributed by atoms with E-state index in [1.165, 1.54) is 13.1 Å². The highest BCUT2D eigenvalue weighted by atomic mass is 16.6. The molecule has 1 aliphatic rings. The van der Waals surface area contributed by atoms with Gasteiger partial charge in [-0.05, 0) is 19.9 Å². The molecule has 0 bridgehead atoms. The third-order valence-electron chi connectivity index (χ3n) is 3.41. The summed E-state index contributed by atoms with van der Waals surface area (Å²) in [6.45, 7) is 5.35. The highest BCUT2D eigenvalue weighted by molar-refractivity contribution is 5.99. The first-order valence-corrected chi connectivity index (χ1v) is 6.93. The first-order chi connectivity index (χ1) is 10.0. The molecule has 0 spiro atoms. The number of ketones is 1. The molecule has 0 saturated carbocycles. The van der Waals surface area contributed by atoms with Gasteiger partial charge in [-0.3, -0.25) is 9.59 Å². The summed E-state index contributed by atoms with van der Waals surface area (Å²) in [7, 11) is 0. The van der Waals surface area contributed by atoms with Crippen LogP contribution in [0.3, 0.4) is 0 Å². The predicted molar refractivity (Wildman–Crippen MR) is 75.3 cm³/mol. The Bertz CT molecular complexity index is 544. The number of hydrogen-bond donors (Lipinski definition) is 1. The average Bonchev–Trinajstić information content (AvgIpc) is 2.97. The Morgan fingerprint density at radius 3 is 2.33 bits per heavy atom. The lowest BCUT2D eigenvalue weighted by atomic mass is 10.2. The maximum absolute atomic E-state index is 12.3. The highest BCUT2D eigenvalue weighted by Crippen LogP contribution is 2.11. The van der Waals surface area contributed by atoms with Crippen molar-refractivity contribution in [3.63, 3.8) is 0 Å². The lowest BCUT2D eigenvalue weighted by molar-refractivity contribution is 0.0566. The van der Waals surface area contributed by atoms with Gasteiger partial charge in [0.25, 0.3) is 5.91 Å². The van der Waals surface area contributed by atoms with Crippen molar-refractivity contribution < 1.29 is 19.1 Å². The molecule has 0 aromatic carbocycles.